The van der Waals surface area contributed by atoms with E-state index in [1.807, 2.05) is 0 Å². The highest BCUT2D eigenvalue weighted by atomic mass is 35.5. The molecule has 10 heteroatoms. The molecule has 4 aromatic rings. The molecule has 5 rings (SSSR count). The van der Waals surface area contributed by atoms with Gasteiger partial charge < -0.3 is 5.11 Å². The molecule has 2 heterocycles. The molecule has 1 aliphatic rings. The zero-order valence-corrected chi connectivity index (χ0v) is 21.8. The fourth-order valence-electron chi connectivity index (χ4n) is 4.25. The summed E-state index contributed by atoms with van der Waals surface area (Å²) in [5.41, 5.74) is 5.17. The van der Waals surface area contributed by atoms with E-state index in [0.29, 0.717) is 37.4 Å². The molecule has 0 atom stereocenters. The Morgan fingerprint density at radius 1 is 1.19 bits per heavy atom. The second-order valence-corrected chi connectivity index (χ2v) is 10.9. The Hall–Kier alpha value is -3.14. The monoisotopic (exact) mass is 538 g/mol. The van der Waals surface area contributed by atoms with Crippen molar-refractivity contribution in [1.82, 2.24) is 15.0 Å². The summed E-state index contributed by atoms with van der Waals surface area (Å²) in [6.07, 6.45) is 4.04. The van der Waals surface area contributed by atoms with E-state index < -0.39 is 0 Å². The van der Waals surface area contributed by atoms with Crippen LogP contribution in [0.15, 0.2) is 63.6 Å². The van der Waals surface area contributed by atoms with Crippen LogP contribution in [0.25, 0.3) is 15.9 Å². The molecule has 184 valence electrons. The SMILES string of the molecule is C/C(=N\NC(=O)CSc1nc2sc3c(c2c(=O)n1-c1ccc(Cl)cc1)CCCC3)c1ccccc1O. The summed E-state index contributed by atoms with van der Waals surface area (Å²) in [6.45, 7) is 1.70. The van der Waals surface area contributed by atoms with Crippen molar-refractivity contribution in [2.75, 3.05) is 5.75 Å². The van der Waals surface area contributed by atoms with Gasteiger partial charge in [-0.05, 0) is 74.6 Å². The second kappa shape index (κ2) is 10.5. The van der Waals surface area contributed by atoms with Gasteiger partial charge in [0.25, 0.3) is 11.5 Å². The molecule has 0 radical (unpaired) electrons. The van der Waals surface area contributed by atoms with Gasteiger partial charge >= 0.3 is 0 Å². The highest BCUT2D eigenvalue weighted by Crippen LogP contribution is 2.35. The van der Waals surface area contributed by atoms with E-state index in [2.05, 4.69) is 10.5 Å². The molecule has 1 amide bonds. The van der Waals surface area contributed by atoms with Gasteiger partial charge in [0.2, 0.25) is 0 Å². The zero-order chi connectivity index (χ0) is 25.2. The number of aromatic hydroxyl groups is 1. The number of amides is 1. The highest BCUT2D eigenvalue weighted by Gasteiger charge is 2.23. The van der Waals surface area contributed by atoms with Crippen molar-refractivity contribution in [3.63, 3.8) is 0 Å². The number of hydrogen-bond acceptors (Lipinski definition) is 7. The summed E-state index contributed by atoms with van der Waals surface area (Å²) in [5.74, 6) is -0.253. The number of thioether (sulfide) groups is 1. The lowest BCUT2D eigenvalue weighted by molar-refractivity contribution is -0.118. The first kappa shape index (κ1) is 24.5. The van der Waals surface area contributed by atoms with Crippen molar-refractivity contribution in [3.8, 4) is 11.4 Å². The van der Waals surface area contributed by atoms with Crippen LogP contribution in [0, 0.1) is 0 Å². The molecule has 7 nitrogen and oxygen atoms in total. The Kier molecular flexibility index (Phi) is 7.13. The molecule has 0 unspecified atom stereocenters. The summed E-state index contributed by atoms with van der Waals surface area (Å²) in [7, 11) is 0. The van der Waals surface area contributed by atoms with Gasteiger partial charge in [-0.15, -0.1) is 11.3 Å². The minimum Gasteiger partial charge on any atom is -0.507 e. The Morgan fingerprint density at radius 2 is 1.94 bits per heavy atom. The van der Waals surface area contributed by atoms with Crippen LogP contribution in [0.1, 0.15) is 35.8 Å². The Labute approximate surface area is 220 Å². The molecule has 2 aromatic carbocycles. The van der Waals surface area contributed by atoms with Crippen molar-refractivity contribution in [2.24, 2.45) is 5.10 Å². The Bertz CT molecular complexity index is 1540. The third kappa shape index (κ3) is 4.91. The molecule has 0 spiro atoms. The maximum atomic E-state index is 13.8. The Morgan fingerprint density at radius 3 is 2.72 bits per heavy atom. The number of para-hydroxylation sites is 1. The predicted octanol–water partition coefficient (Wildman–Crippen LogP) is 5.32. The second-order valence-electron chi connectivity index (χ2n) is 8.44. The van der Waals surface area contributed by atoms with Crippen LogP contribution in [-0.4, -0.2) is 32.0 Å². The largest absolute Gasteiger partial charge is 0.507 e. The normalized spacial score (nSPS) is 13.6. The first-order valence-electron chi connectivity index (χ1n) is 11.5. The molecule has 1 aliphatic carbocycles. The quantitative estimate of drug-likeness (QED) is 0.150. The highest BCUT2D eigenvalue weighted by molar-refractivity contribution is 7.99. The topological polar surface area (TPSA) is 96.6 Å². The maximum Gasteiger partial charge on any atom is 0.267 e. The number of fused-ring (bicyclic) bond motifs is 3. The number of aromatic nitrogens is 2. The molecular formula is C26H23ClN4O3S2. The maximum absolute atomic E-state index is 13.8. The molecule has 0 saturated carbocycles. The van der Waals surface area contributed by atoms with Crippen molar-refractivity contribution >= 4 is 56.5 Å². The average molecular weight is 539 g/mol. The summed E-state index contributed by atoms with van der Waals surface area (Å²) in [6, 6.07) is 13.8. The average Bonchev–Trinajstić information content (AvgIpc) is 3.26. The Balaban J connectivity index is 1.45. The first-order valence-corrected chi connectivity index (χ1v) is 13.7. The van der Waals surface area contributed by atoms with Crippen LogP contribution in [-0.2, 0) is 17.6 Å². The number of nitrogens with zero attached hydrogens (tertiary/aromatic N) is 3. The van der Waals surface area contributed by atoms with Crippen LogP contribution in [0.3, 0.4) is 0 Å². The fraction of sp³-hybridized carbons (Fsp3) is 0.231. The van der Waals surface area contributed by atoms with Crippen LogP contribution in [0.5, 0.6) is 5.75 Å². The molecule has 2 aromatic heterocycles. The number of carbonyl (C=O) groups excluding carboxylic acids is 1. The smallest absolute Gasteiger partial charge is 0.267 e. The van der Waals surface area contributed by atoms with Crippen molar-refractivity contribution in [2.45, 2.75) is 37.8 Å². The number of benzene rings is 2. The molecule has 0 aliphatic heterocycles. The number of phenolic OH excluding ortho intramolecular Hbond substituents is 1. The molecule has 36 heavy (non-hydrogen) atoms. The van der Waals surface area contributed by atoms with E-state index in [-0.39, 0.29) is 23.0 Å². The first-order chi connectivity index (χ1) is 17.4. The number of halogens is 1. The van der Waals surface area contributed by atoms with Crippen molar-refractivity contribution in [3.05, 3.63) is 79.9 Å². The number of aryl methyl sites for hydroxylation is 2. The third-order valence-electron chi connectivity index (χ3n) is 6.02. The van der Waals surface area contributed by atoms with E-state index in [1.54, 1.807) is 71.4 Å². The summed E-state index contributed by atoms with van der Waals surface area (Å²) < 4.78 is 1.56. The van der Waals surface area contributed by atoms with E-state index in [4.69, 9.17) is 16.6 Å². The van der Waals surface area contributed by atoms with Gasteiger partial charge in [-0.1, -0.05) is 35.5 Å². The minimum atomic E-state index is -0.350. The number of thiophene rings is 1. The van der Waals surface area contributed by atoms with Crippen LogP contribution < -0.4 is 11.0 Å². The third-order valence-corrected chi connectivity index (χ3v) is 8.39. The van der Waals surface area contributed by atoms with Gasteiger partial charge in [-0.2, -0.15) is 5.10 Å². The number of phenols is 1. The van der Waals surface area contributed by atoms with Gasteiger partial charge in [0.05, 0.1) is 22.5 Å². The fourth-order valence-corrected chi connectivity index (χ4v) is 6.48. The molecular weight excluding hydrogens is 516 g/mol. The van der Waals surface area contributed by atoms with Crippen LogP contribution >= 0.6 is 34.7 Å². The van der Waals surface area contributed by atoms with Crippen LogP contribution in [0.4, 0.5) is 0 Å². The lowest BCUT2D eigenvalue weighted by Gasteiger charge is -2.13. The summed E-state index contributed by atoms with van der Waals surface area (Å²) >= 11 is 8.83. The van der Waals surface area contributed by atoms with Gasteiger partial charge in [0.1, 0.15) is 10.6 Å². The standard InChI is InChI=1S/C26H23ClN4O3S2/c1-15(18-6-2-4-8-20(18)32)29-30-22(33)14-35-26-28-24-23(19-7-3-5-9-21(19)36-24)25(34)31(26)17-12-10-16(27)11-13-17/h2,4,6,8,10-13,32H,3,5,7,9,14H2,1H3,(H,30,33)/b29-15+. The van der Waals surface area contributed by atoms with Gasteiger partial charge in [0.15, 0.2) is 5.16 Å². The minimum absolute atomic E-state index is 0.00811. The summed E-state index contributed by atoms with van der Waals surface area (Å²) in [5, 5.41) is 15.8. The van der Waals surface area contributed by atoms with Crippen molar-refractivity contribution < 1.29 is 9.90 Å². The molecule has 0 saturated heterocycles. The lowest BCUT2D eigenvalue weighted by Crippen LogP contribution is -2.24. The number of rotatable bonds is 6. The molecule has 2 N–H and O–H groups in total. The van der Waals surface area contributed by atoms with Gasteiger partial charge in [0, 0.05) is 15.5 Å². The predicted molar refractivity (Wildman–Crippen MR) is 146 cm³/mol. The molecule has 0 fully saturated rings. The zero-order valence-electron chi connectivity index (χ0n) is 19.5. The number of nitrogens with one attached hydrogen (secondary N) is 1. The molecule has 0 bridgehead atoms. The van der Waals surface area contributed by atoms with E-state index in [1.165, 1.54) is 16.6 Å². The van der Waals surface area contributed by atoms with Crippen LogP contribution in [0.2, 0.25) is 5.02 Å². The number of hydrogen-bond donors (Lipinski definition) is 2. The van der Waals surface area contributed by atoms with Gasteiger partial charge in [-0.3, -0.25) is 14.2 Å². The number of carbonyl (C=O) groups is 1. The van der Waals surface area contributed by atoms with Gasteiger partial charge in [-0.25, -0.2) is 10.4 Å². The summed E-state index contributed by atoms with van der Waals surface area (Å²) in [4.78, 5) is 33.1. The van der Waals surface area contributed by atoms with E-state index in [9.17, 15) is 14.7 Å². The van der Waals surface area contributed by atoms with E-state index >= 15 is 0 Å². The lowest BCUT2D eigenvalue weighted by atomic mass is 9.97. The number of hydrazone groups is 1. The van der Waals surface area contributed by atoms with E-state index in [0.717, 1.165) is 31.2 Å². The van der Waals surface area contributed by atoms with Crippen molar-refractivity contribution in [1.29, 1.82) is 0 Å².